The normalized spacial score (nSPS) is 19.4. The van der Waals surface area contributed by atoms with Gasteiger partial charge in [-0.2, -0.15) is 13.2 Å². The Labute approximate surface area is 160 Å². The van der Waals surface area contributed by atoms with Crippen LogP contribution in [0.5, 0.6) is 0 Å². The van der Waals surface area contributed by atoms with Crippen molar-refractivity contribution in [1.82, 2.24) is 5.32 Å². The molecule has 2 aliphatic rings. The van der Waals surface area contributed by atoms with Gasteiger partial charge >= 0.3 is 6.18 Å². The average molecular weight is 403 g/mol. The number of hydrogen-bond acceptors (Lipinski definition) is 2. The van der Waals surface area contributed by atoms with E-state index in [0.29, 0.717) is 12.8 Å². The summed E-state index contributed by atoms with van der Waals surface area (Å²) in [7, 11) is 0. The van der Waals surface area contributed by atoms with Crippen LogP contribution in [0.15, 0.2) is 18.2 Å². The minimum atomic E-state index is -4.61. The van der Waals surface area contributed by atoms with E-state index in [0.717, 1.165) is 44.2 Å². The average Bonchev–Trinajstić information content (AvgIpc) is 3.40. The highest BCUT2D eigenvalue weighted by molar-refractivity contribution is 6.31. The number of benzene rings is 1. The van der Waals surface area contributed by atoms with Gasteiger partial charge in [-0.15, -0.1) is 0 Å². The van der Waals surface area contributed by atoms with Crippen LogP contribution in [0, 0.1) is 5.41 Å². The summed E-state index contributed by atoms with van der Waals surface area (Å²) < 4.78 is 39.1. The summed E-state index contributed by atoms with van der Waals surface area (Å²) in [6.45, 7) is 0. The molecular formula is C19H22ClF3N2O2. The van der Waals surface area contributed by atoms with Crippen LogP contribution in [0.4, 0.5) is 18.9 Å². The number of hydrogen-bond donors (Lipinski definition) is 2. The van der Waals surface area contributed by atoms with Crippen LogP contribution in [0.25, 0.3) is 0 Å². The van der Waals surface area contributed by atoms with E-state index in [-0.39, 0.29) is 24.1 Å². The number of carbonyl (C=O) groups excluding carboxylic acids is 2. The molecule has 0 unspecified atom stereocenters. The molecule has 1 aromatic rings. The van der Waals surface area contributed by atoms with Gasteiger partial charge in [-0.25, -0.2) is 0 Å². The van der Waals surface area contributed by atoms with E-state index in [1.807, 2.05) is 0 Å². The summed E-state index contributed by atoms with van der Waals surface area (Å²) in [5.41, 5.74) is -1.84. The van der Waals surface area contributed by atoms with Crippen LogP contribution in [0.1, 0.15) is 56.9 Å². The van der Waals surface area contributed by atoms with Gasteiger partial charge in [0.15, 0.2) is 0 Å². The minimum absolute atomic E-state index is 0.0317. The lowest BCUT2D eigenvalue weighted by molar-refractivity contribution is -0.137. The SMILES string of the molecule is O=C(CC1(C(=O)Nc2ccc(Cl)c(C(F)(F)F)c2)CCCCC1)NC1CC1. The third-order valence-corrected chi connectivity index (χ3v) is 5.59. The topological polar surface area (TPSA) is 58.2 Å². The van der Waals surface area contributed by atoms with Gasteiger partial charge in [0.1, 0.15) is 0 Å². The molecule has 148 valence electrons. The lowest BCUT2D eigenvalue weighted by Crippen LogP contribution is -2.42. The van der Waals surface area contributed by atoms with E-state index in [9.17, 15) is 22.8 Å². The molecule has 2 saturated carbocycles. The molecule has 0 bridgehead atoms. The maximum Gasteiger partial charge on any atom is 0.417 e. The second-order valence-electron chi connectivity index (χ2n) is 7.51. The number of alkyl halides is 3. The molecular weight excluding hydrogens is 381 g/mol. The fraction of sp³-hybridized carbons (Fsp3) is 0.579. The largest absolute Gasteiger partial charge is 0.417 e. The minimum Gasteiger partial charge on any atom is -0.353 e. The molecule has 2 amide bonds. The zero-order valence-electron chi connectivity index (χ0n) is 14.8. The quantitative estimate of drug-likeness (QED) is 0.734. The van der Waals surface area contributed by atoms with Crippen LogP contribution in [0.3, 0.4) is 0 Å². The third-order valence-electron chi connectivity index (χ3n) is 5.26. The molecule has 8 heteroatoms. The van der Waals surface area contributed by atoms with Gasteiger partial charge in [-0.1, -0.05) is 30.9 Å². The van der Waals surface area contributed by atoms with Crippen LogP contribution in [-0.4, -0.2) is 17.9 Å². The van der Waals surface area contributed by atoms with E-state index in [1.165, 1.54) is 6.07 Å². The number of carbonyl (C=O) groups is 2. The van der Waals surface area contributed by atoms with Crippen molar-refractivity contribution in [2.45, 2.75) is 63.6 Å². The standard InChI is InChI=1S/C19H22ClF3N2O2/c20-15-7-6-13(10-14(15)19(21,22)23)25-17(27)18(8-2-1-3-9-18)11-16(26)24-12-4-5-12/h6-7,10,12H,1-5,8-9,11H2,(H,24,26)(H,25,27). The van der Waals surface area contributed by atoms with Crippen LogP contribution < -0.4 is 10.6 Å². The summed E-state index contributed by atoms with van der Waals surface area (Å²) in [4.78, 5) is 25.3. The van der Waals surface area contributed by atoms with Crippen molar-refractivity contribution in [1.29, 1.82) is 0 Å². The van der Waals surface area contributed by atoms with Crippen LogP contribution in [-0.2, 0) is 15.8 Å². The maximum atomic E-state index is 13.0. The summed E-state index contributed by atoms with van der Waals surface area (Å²) in [6, 6.07) is 3.50. The third kappa shape index (κ3) is 4.94. The molecule has 0 saturated heterocycles. The van der Waals surface area contributed by atoms with Gasteiger partial charge < -0.3 is 10.6 Å². The fourth-order valence-corrected chi connectivity index (χ4v) is 3.84. The first-order valence-corrected chi connectivity index (χ1v) is 9.55. The Bertz CT molecular complexity index is 726. The Morgan fingerprint density at radius 1 is 1.15 bits per heavy atom. The Morgan fingerprint density at radius 2 is 1.81 bits per heavy atom. The predicted octanol–water partition coefficient (Wildman–Crippen LogP) is 4.92. The van der Waals surface area contributed by atoms with E-state index < -0.39 is 28.1 Å². The first-order chi connectivity index (χ1) is 12.7. The Kier molecular flexibility index (Phi) is 5.70. The van der Waals surface area contributed by atoms with Gasteiger partial charge in [0.25, 0.3) is 0 Å². The van der Waals surface area contributed by atoms with Crippen molar-refractivity contribution in [2.24, 2.45) is 5.41 Å². The summed E-state index contributed by atoms with van der Waals surface area (Å²) >= 11 is 5.63. The first-order valence-electron chi connectivity index (χ1n) is 9.17. The molecule has 0 spiro atoms. The number of nitrogens with one attached hydrogen (secondary N) is 2. The van der Waals surface area contributed by atoms with Gasteiger partial charge in [-0.3, -0.25) is 9.59 Å². The highest BCUT2D eigenvalue weighted by Gasteiger charge is 2.42. The second-order valence-corrected chi connectivity index (χ2v) is 7.91. The number of anilines is 1. The molecule has 0 aliphatic heterocycles. The highest BCUT2D eigenvalue weighted by Crippen LogP contribution is 2.41. The summed E-state index contributed by atoms with van der Waals surface area (Å²) in [6.07, 6.45) is 1.09. The zero-order valence-corrected chi connectivity index (χ0v) is 15.6. The molecule has 2 fully saturated rings. The van der Waals surface area contributed by atoms with Crippen molar-refractivity contribution < 1.29 is 22.8 Å². The summed E-state index contributed by atoms with van der Waals surface area (Å²) in [5, 5.41) is 5.07. The van der Waals surface area contributed by atoms with Crippen molar-refractivity contribution >= 4 is 29.1 Å². The van der Waals surface area contributed by atoms with Crippen LogP contribution in [0.2, 0.25) is 5.02 Å². The predicted molar refractivity (Wildman–Crippen MR) is 96.4 cm³/mol. The van der Waals surface area contributed by atoms with Gasteiger partial charge in [0.05, 0.1) is 16.0 Å². The Balaban J connectivity index is 1.77. The number of halogens is 4. The molecule has 4 nitrogen and oxygen atoms in total. The molecule has 2 N–H and O–H groups in total. The monoisotopic (exact) mass is 402 g/mol. The van der Waals surface area contributed by atoms with E-state index in [2.05, 4.69) is 10.6 Å². The fourth-order valence-electron chi connectivity index (χ4n) is 3.61. The molecule has 0 radical (unpaired) electrons. The molecule has 0 atom stereocenters. The van der Waals surface area contributed by atoms with Gasteiger partial charge in [0.2, 0.25) is 11.8 Å². The smallest absolute Gasteiger partial charge is 0.353 e. The van der Waals surface area contributed by atoms with Crippen molar-refractivity contribution in [3.05, 3.63) is 28.8 Å². The van der Waals surface area contributed by atoms with Crippen LogP contribution >= 0.6 is 11.6 Å². The molecule has 0 heterocycles. The van der Waals surface area contributed by atoms with E-state index in [1.54, 1.807) is 0 Å². The number of rotatable bonds is 5. The summed E-state index contributed by atoms with van der Waals surface area (Å²) in [5.74, 6) is -0.565. The lowest BCUT2D eigenvalue weighted by Gasteiger charge is -2.35. The molecule has 0 aromatic heterocycles. The second kappa shape index (κ2) is 7.70. The molecule has 3 rings (SSSR count). The van der Waals surface area contributed by atoms with E-state index in [4.69, 9.17) is 11.6 Å². The van der Waals surface area contributed by atoms with Crippen molar-refractivity contribution in [2.75, 3.05) is 5.32 Å². The maximum absolute atomic E-state index is 13.0. The molecule has 1 aromatic carbocycles. The Hall–Kier alpha value is -1.76. The van der Waals surface area contributed by atoms with Gasteiger partial charge in [-0.05, 0) is 43.9 Å². The van der Waals surface area contributed by atoms with E-state index >= 15 is 0 Å². The zero-order chi connectivity index (χ0) is 19.7. The molecule has 27 heavy (non-hydrogen) atoms. The Morgan fingerprint density at radius 3 is 2.41 bits per heavy atom. The van der Waals surface area contributed by atoms with Gasteiger partial charge in [0, 0.05) is 18.2 Å². The first kappa shape index (κ1) is 20.0. The lowest BCUT2D eigenvalue weighted by atomic mass is 9.70. The van der Waals surface area contributed by atoms with Crippen molar-refractivity contribution in [3.63, 3.8) is 0 Å². The van der Waals surface area contributed by atoms with Crippen molar-refractivity contribution in [3.8, 4) is 0 Å². The molecule has 2 aliphatic carbocycles. The highest BCUT2D eigenvalue weighted by atomic mass is 35.5. The number of amides is 2.